The molecule has 0 spiro atoms. The molecule has 4 heteroatoms. The summed E-state index contributed by atoms with van der Waals surface area (Å²) in [4.78, 5) is 25.9. The second kappa shape index (κ2) is 9.13. The highest BCUT2D eigenvalue weighted by atomic mass is 16.5. The Balaban J connectivity index is 1.35. The zero-order chi connectivity index (χ0) is 22.6. The first kappa shape index (κ1) is 20.7. The van der Waals surface area contributed by atoms with Gasteiger partial charge in [0.05, 0.1) is 5.39 Å². The first-order valence-corrected chi connectivity index (χ1v) is 10.9. The van der Waals surface area contributed by atoms with Crippen LogP contribution in [-0.4, -0.2) is 18.2 Å². The molecule has 0 radical (unpaired) electrons. The maximum atomic E-state index is 13.1. The van der Waals surface area contributed by atoms with Crippen molar-refractivity contribution in [3.63, 3.8) is 0 Å². The molecule has 0 saturated heterocycles. The van der Waals surface area contributed by atoms with Gasteiger partial charge in [-0.25, -0.2) is 0 Å². The summed E-state index contributed by atoms with van der Waals surface area (Å²) >= 11 is 0. The topological polar surface area (TPSA) is 56.5 Å². The summed E-state index contributed by atoms with van der Waals surface area (Å²) in [5.74, 6) is 0.248. The van der Waals surface area contributed by atoms with Gasteiger partial charge in [-0.05, 0) is 24.1 Å². The number of furan rings is 1. The third-order valence-electron chi connectivity index (χ3n) is 5.79. The van der Waals surface area contributed by atoms with Crippen LogP contribution in [0.15, 0.2) is 113 Å². The van der Waals surface area contributed by atoms with Gasteiger partial charge in [-0.3, -0.25) is 9.59 Å². The molecule has 0 aliphatic heterocycles. The van der Waals surface area contributed by atoms with E-state index in [1.807, 2.05) is 54.6 Å². The van der Waals surface area contributed by atoms with E-state index in [0.29, 0.717) is 27.9 Å². The number of para-hydroxylation sites is 1. The molecule has 0 amide bonds. The van der Waals surface area contributed by atoms with Gasteiger partial charge in [-0.15, -0.1) is 0 Å². The molecule has 33 heavy (non-hydrogen) atoms. The van der Waals surface area contributed by atoms with E-state index < -0.39 is 0 Å². The van der Waals surface area contributed by atoms with Crippen molar-refractivity contribution in [2.75, 3.05) is 6.61 Å². The molecule has 4 aromatic rings. The fourth-order valence-electron chi connectivity index (χ4n) is 4.03. The molecule has 3 aromatic carbocycles. The summed E-state index contributed by atoms with van der Waals surface area (Å²) in [6, 6.07) is 26.4. The molecule has 4 nitrogen and oxygen atoms in total. The Hall–Kier alpha value is -4.18. The normalized spacial score (nSPS) is 15.3. The van der Waals surface area contributed by atoms with Crippen molar-refractivity contribution in [2.45, 2.75) is 12.3 Å². The SMILES string of the molecule is O=C(COc1c(C(=O)c2ccccc2)oc2ccccc12)C1=CCC(c2ccccc2)C=C1. The summed E-state index contributed by atoms with van der Waals surface area (Å²) in [5, 5.41) is 0.668. The molecular weight excluding hydrogens is 412 g/mol. The molecule has 0 N–H and O–H groups in total. The van der Waals surface area contributed by atoms with Gasteiger partial charge in [0.15, 0.2) is 18.1 Å². The van der Waals surface area contributed by atoms with Gasteiger partial charge >= 0.3 is 0 Å². The summed E-state index contributed by atoms with van der Waals surface area (Å²) in [7, 11) is 0. The van der Waals surface area contributed by atoms with Crippen molar-refractivity contribution in [3.05, 3.63) is 126 Å². The van der Waals surface area contributed by atoms with Crippen LogP contribution in [-0.2, 0) is 4.79 Å². The summed E-state index contributed by atoms with van der Waals surface area (Å²) < 4.78 is 11.8. The van der Waals surface area contributed by atoms with Gasteiger partial charge in [-0.2, -0.15) is 0 Å². The van der Waals surface area contributed by atoms with E-state index in [9.17, 15) is 9.59 Å². The molecule has 5 rings (SSSR count). The first-order chi connectivity index (χ1) is 16.2. The number of fused-ring (bicyclic) bond motifs is 1. The maximum Gasteiger partial charge on any atom is 0.232 e. The van der Waals surface area contributed by atoms with Crippen LogP contribution in [0, 0.1) is 0 Å². The Morgan fingerprint density at radius 3 is 2.30 bits per heavy atom. The Bertz CT molecular complexity index is 1360. The number of ketones is 2. The lowest BCUT2D eigenvalue weighted by atomic mass is 9.89. The van der Waals surface area contributed by atoms with Crippen molar-refractivity contribution < 1.29 is 18.7 Å². The van der Waals surface area contributed by atoms with E-state index in [0.717, 1.165) is 6.42 Å². The third kappa shape index (κ3) is 4.28. The smallest absolute Gasteiger partial charge is 0.232 e. The van der Waals surface area contributed by atoms with Crippen LogP contribution >= 0.6 is 0 Å². The molecule has 1 aromatic heterocycles. The number of Topliss-reactive ketones (excluding diaryl/α,β-unsaturated/α-hetero) is 1. The zero-order valence-corrected chi connectivity index (χ0v) is 17.9. The van der Waals surface area contributed by atoms with Crippen LogP contribution in [0.3, 0.4) is 0 Å². The van der Waals surface area contributed by atoms with E-state index in [1.165, 1.54) is 5.56 Å². The Kier molecular flexibility index (Phi) is 5.73. The lowest BCUT2D eigenvalue weighted by Gasteiger charge is -2.16. The van der Waals surface area contributed by atoms with E-state index in [2.05, 4.69) is 18.2 Å². The Morgan fingerprint density at radius 1 is 0.879 bits per heavy atom. The number of carbonyl (C=O) groups excluding carboxylic acids is 2. The summed E-state index contributed by atoms with van der Waals surface area (Å²) in [6.07, 6.45) is 6.62. The molecule has 1 aliphatic rings. The van der Waals surface area contributed by atoms with Crippen LogP contribution in [0.25, 0.3) is 11.0 Å². The molecule has 1 atom stereocenters. The van der Waals surface area contributed by atoms with Gasteiger partial charge in [0.25, 0.3) is 0 Å². The Morgan fingerprint density at radius 2 is 1.58 bits per heavy atom. The third-order valence-corrected chi connectivity index (χ3v) is 5.79. The molecule has 0 bridgehead atoms. The molecular formula is C29H22O4. The van der Waals surface area contributed by atoms with Gasteiger partial charge in [0.2, 0.25) is 11.5 Å². The number of rotatable bonds is 7. The molecule has 0 fully saturated rings. The average Bonchev–Trinajstić information content (AvgIpc) is 3.26. The lowest BCUT2D eigenvalue weighted by Crippen LogP contribution is -2.15. The highest BCUT2D eigenvalue weighted by Gasteiger charge is 2.24. The Labute approximate surface area is 191 Å². The number of benzene rings is 3. The predicted molar refractivity (Wildman–Crippen MR) is 128 cm³/mol. The predicted octanol–water partition coefficient (Wildman–Crippen LogP) is 6.28. The summed E-state index contributed by atoms with van der Waals surface area (Å²) in [6.45, 7) is -0.176. The highest BCUT2D eigenvalue weighted by molar-refractivity contribution is 6.12. The minimum Gasteiger partial charge on any atom is -0.481 e. The fourth-order valence-corrected chi connectivity index (χ4v) is 4.03. The summed E-state index contributed by atoms with van der Waals surface area (Å²) in [5.41, 5.74) is 2.88. The first-order valence-electron chi connectivity index (χ1n) is 10.9. The second-order valence-electron chi connectivity index (χ2n) is 7.93. The van der Waals surface area contributed by atoms with Crippen LogP contribution < -0.4 is 4.74 Å². The van der Waals surface area contributed by atoms with Crippen LogP contribution in [0.4, 0.5) is 0 Å². The van der Waals surface area contributed by atoms with Crippen molar-refractivity contribution >= 4 is 22.5 Å². The van der Waals surface area contributed by atoms with Crippen molar-refractivity contribution in [1.29, 1.82) is 0 Å². The fraction of sp³-hybridized carbons (Fsp3) is 0.103. The standard InChI is InChI=1S/C29H22O4/c30-25(22-17-15-21(16-18-22)20-9-3-1-4-10-20)19-32-28-24-13-7-8-14-26(24)33-29(28)27(31)23-11-5-2-6-12-23/h1-15,17-18,21H,16,19H2. The van der Waals surface area contributed by atoms with Crippen LogP contribution in [0.2, 0.25) is 0 Å². The molecule has 162 valence electrons. The quantitative estimate of drug-likeness (QED) is 0.321. The molecule has 1 aliphatic carbocycles. The lowest BCUT2D eigenvalue weighted by molar-refractivity contribution is -0.117. The minimum absolute atomic E-state index is 0.104. The highest BCUT2D eigenvalue weighted by Crippen LogP contribution is 2.35. The minimum atomic E-state index is -0.281. The van der Waals surface area contributed by atoms with E-state index >= 15 is 0 Å². The van der Waals surface area contributed by atoms with Crippen molar-refractivity contribution in [1.82, 2.24) is 0 Å². The van der Waals surface area contributed by atoms with Crippen molar-refractivity contribution in [2.24, 2.45) is 0 Å². The maximum absolute atomic E-state index is 13.1. The average molecular weight is 434 g/mol. The second-order valence-corrected chi connectivity index (χ2v) is 7.93. The van der Waals surface area contributed by atoms with Gasteiger partial charge in [-0.1, -0.05) is 91.0 Å². The van der Waals surface area contributed by atoms with Gasteiger partial charge < -0.3 is 9.15 Å². The van der Waals surface area contributed by atoms with Gasteiger partial charge in [0.1, 0.15) is 5.58 Å². The number of hydrogen-bond donors (Lipinski definition) is 0. The number of hydrogen-bond acceptors (Lipinski definition) is 4. The molecule has 1 unspecified atom stereocenters. The molecule has 1 heterocycles. The number of carbonyl (C=O) groups is 2. The van der Waals surface area contributed by atoms with Gasteiger partial charge in [0, 0.05) is 17.1 Å². The number of ether oxygens (including phenoxy) is 1. The number of allylic oxidation sites excluding steroid dienone is 3. The largest absolute Gasteiger partial charge is 0.481 e. The van der Waals surface area contributed by atoms with E-state index in [1.54, 1.807) is 30.3 Å². The van der Waals surface area contributed by atoms with E-state index in [4.69, 9.17) is 9.15 Å². The zero-order valence-electron chi connectivity index (χ0n) is 17.9. The van der Waals surface area contributed by atoms with Crippen molar-refractivity contribution in [3.8, 4) is 5.75 Å². The van der Waals surface area contributed by atoms with Crippen LogP contribution in [0.5, 0.6) is 5.75 Å². The monoisotopic (exact) mass is 434 g/mol. The van der Waals surface area contributed by atoms with Crippen LogP contribution in [0.1, 0.15) is 34.0 Å². The van der Waals surface area contributed by atoms with E-state index in [-0.39, 0.29) is 29.9 Å². The molecule has 0 saturated carbocycles.